The van der Waals surface area contributed by atoms with Gasteiger partial charge in [-0.25, -0.2) is 4.98 Å². The first-order chi connectivity index (χ1) is 11.1. The van der Waals surface area contributed by atoms with Crippen molar-refractivity contribution in [2.75, 3.05) is 5.32 Å². The number of nitrogens with zero attached hydrogens (tertiary/aromatic N) is 2. The van der Waals surface area contributed by atoms with E-state index in [9.17, 15) is 14.9 Å². The van der Waals surface area contributed by atoms with Gasteiger partial charge < -0.3 is 5.32 Å². The van der Waals surface area contributed by atoms with E-state index in [1.54, 1.807) is 6.07 Å². The predicted molar refractivity (Wildman–Crippen MR) is 92.9 cm³/mol. The van der Waals surface area contributed by atoms with Crippen LogP contribution in [0, 0.1) is 10.1 Å². The lowest BCUT2D eigenvalue weighted by molar-refractivity contribution is -0.384. The standard InChI is InChI=1S/C16H21N3O3S/c1-2-3-4-5-6-7-8-15(20)18-16-17-13-10-9-12(19(21)22)11-14(13)23-16/h9-11H,2-8H2,1H3,(H,17,18,20). The first-order valence-corrected chi connectivity index (χ1v) is 8.76. The molecule has 7 heteroatoms. The van der Waals surface area contributed by atoms with E-state index in [0.717, 1.165) is 12.8 Å². The highest BCUT2D eigenvalue weighted by Gasteiger charge is 2.11. The van der Waals surface area contributed by atoms with E-state index >= 15 is 0 Å². The third-order valence-corrected chi connectivity index (χ3v) is 4.52. The third kappa shape index (κ3) is 5.28. The Morgan fingerprint density at radius 2 is 2.00 bits per heavy atom. The summed E-state index contributed by atoms with van der Waals surface area (Å²) in [5, 5.41) is 14.0. The minimum Gasteiger partial charge on any atom is -0.302 e. The number of thiazole rings is 1. The number of amides is 1. The molecule has 0 radical (unpaired) electrons. The topological polar surface area (TPSA) is 85.1 Å². The minimum absolute atomic E-state index is 0.0334. The number of carbonyl (C=O) groups excluding carboxylic acids is 1. The van der Waals surface area contributed by atoms with Crippen molar-refractivity contribution in [3.8, 4) is 0 Å². The van der Waals surface area contributed by atoms with Crippen LogP contribution in [0.25, 0.3) is 10.2 Å². The van der Waals surface area contributed by atoms with Crippen LogP contribution in [0.2, 0.25) is 0 Å². The van der Waals surface area contributed by atoms with Crippen molar-refractivity contribution in [1.82, 2.24) is 4.98 Å². The molecule has 0 aliphatic carbocycles. The highest BCUT2D eigenvalue weighted by Crippen LogP contribution is 2.29. The Morgan fingerprint density at radius 1 is 1.26 bits per heavy atom. The summed E-state index contributed by atoms with van der Waals surface area (Å²) in [6.07, 6.45) is 7.31. The molecule has 6 nitrogen and oxygen atoms in total. The average Bonchev–Trinajstić information content (AvgIpc) is 2.91. The monoisotopic (exact) mass is 335 g/mol. The van der Waals surface area contributed by atoms with Gasteiger partial charge in [0.15, 0.2) is 5.13 Å². The maximum atomic E-state index is 11.9. The third-order valence-electron chi connectivity index (χ3n) is 3.59. The summed E-state index contributed by atoms with van der Waals surface area (Å²) in [6, 6.07) is 4.51. The molecule has 0 saturated heterocycles. The van der Waals surface area contributed by atoms with Crippen molar-refractivity contribution >= 4 is 38.3 Å². The molecular formula is C16H21N3O3S. The molecule has 0 spiro atoms. The number of nitrogens with one attached hydrogen (secondary N) is 1. The molecule has 0 bridgehead atoms. The number of carbonyl (C=O) groups is 1. The molecule has 2 rings (SSSR count). The number of nitro groups is 1. The van der Waals surface area contributed by atoms with Gasteiger partial charge in [0.2, 0.25) is 5.91 Å². The molecular weight excluding hydrogens is 314 g/mol. The number of nitro benzene ring substituents is 1. The molecule has 124 valence electrons. The SMILES string of the molecule is CCCCCCCCC(=O)Nc1nc2ccc([N+](=O)[O-])cc2s1. The van der Waals surface area contributed by atoms with E-state index in [2.05, 4.69) is 17.2 Å². The number of hydrogen-bond donors (Lipinski definition) is 1. The highest BCUT2D eigenvalue weighted by atomic mass is 32.1. The first-order valence-electron chi connectivity index (χ1n) is 7.95. The van der Waals surface area contributed by atoms with Gasteiger partial charge in [0, 0.05) is 18.6 Å². The van der Waals surface area contributed by atoms with E-state index in [0.29, 0.717) is 21.8 Å². The largest absolute Gasteiger partial charge is 0.302 e. The van der Waals surface area contributed by atoms with Gasteiger partial charge in [-0.05, 0) is 12.5 Å². The molecule has 1 aromatic heterocycles. The van der Waals surface area contributed by atoms with Crippen molar-refractivity contribution in [3.63, 3.8) is 0 Å². The lowest BCUT2D eigenvalue weighted by atomic mass is 10.1. The number of rotatable bonds is 9. The Balaban J connectivity index is 1.84. The van der Waals surface area contributed by atoms with Crippen molar-refractivity contribution < 1.29 is 9.72 Å². The van der Waals surface area contributed by atoms with Crippen LogP contribution in [0.4, 0.5) is 10.8 Å². The summed E-state index contributed by atoms with van der Waals surface area (Å²) in [5.41, 5.74) is 0.696. The van der Waals surface area contributed by atoms with E-state index in [-0.39, 0.29) is 11.6 Å². The average molecular weight is 335 g/mol. The zero-order chi connectivity index (χ0) is 16.7. The van der Waals surface area contributed by atoms with Gasteiger partial charge in [-0.2, -0.15) is 0 Å². The molecule has 1 aromatic carbocycles. The fraction of sp³-hybridized carbons (Fsp3) is 0.500. The van der Waals surface area contributed by atoms with E-state index < -0.39 is 4.92 Å². The second kappa shape index (κ2) is 8.57. The lowest BCUT2D eigenvalue weighted by Gasteiger charge is -2.01. The number of benzene rings is 1. The number of aromatic nitrogens is 1. The lowest BCUT2D eigenvalue weighted by Crippen LogP contribution is -2.10. The van der Waals surface area contributed by atoms with Crippen molar-refractivity contribution in [2.24, 2.45) is 0 Å². The highest BCUT2D eigenvalue weighted by molar-refractivity contribution is 7.22. The number of unbranched alkanes of at least 4 members (excludes halogenated alkanes) is 5. The summed E-state index contributed by atoms with van der Waals surface area (Å²) in [7, 11) is 0. The summed E-state index contributed by atoms with van der Waals surface area (Å²) in [4.78, 5) is 26.5. The van der Waals surface area contributed by atoms with Gasteiger partial charge in [-0.15, -0.1) is 0 Å². The molecule has 0 fully saturated rings. The predicted octanol–water partition coefficient (Wildman–Crippen LogP) is 4.89. The summed E-state index contributed by atoms with van der Waals surface area (Å²) >= 11 is 1.26. The Labute approximate surface area is 139 Å². The molecule has 0 aliphatic heterocycles. The molecule has 0 aliphatic rings. The van der Waals surface area contributed by atoms with Crippen LogP contribution in [0.15, 0.2) is 18.2 Å². The van der Waals surface area contributed by atoms with Crippen LogP contribution in [-0.2, 0) is 4.79 Å². The Bertz CT molecular complexity index is 684. The number of fused-ring (bicyclic) bond motifs is 1. The van der Waals surface area contributed by atoms with Crippen molar-refractivity contribution in [2.45, 2.75) is 51.9 Å². The number of non-ortho nitro benzene ring substituents is 1. The normalized spacial score (nSPS) is 10.8. The van der Waals surface area contributed by atoms with Crippen LogP contribution < -0.4 is 5.32 Å². The summed E-state index contributed by atoms with van der Waals surface area (Å²) < 4.78 is 0.703. The van der Waals surface area contributed by atoms with Crippen LogP contribution in [-0.4, -0.2) is 15.8 Å². The van der Waals surface area contributed by atoms with Gasteiger partial charge >= 0.3 is 0 Å². The molecule has 1 N–H and O–H groups in total. The number of anilines is 1. The fourth-order valence-corrected chi connectivity index (χ4v) is 3.24. The minimum atomic E-state index is -0.435. The maximum Gasteiger partial charge on any atom is 0.270 e. The fourth-order valence-electron chi connectivity index (χ4n) is 2.33. The molecule has 1 amide bonds. The van der Waals surface area contributed by atoms with Crippen LogP contribution in [0.3, 0.4) is 0 Å². The first kappa shape index (κ1) is 17.3. The van der Waals surface area contributed by atoms with E-state index in [1.165, 1.54) is 49.2 Å². The van der Waals surface area contributed by atoms with Crippen LogP contribution in [0.5, 0.6) is 0 Å². The zero-order valence-electron chi connectivity index (χ0n) is 13.2. The van der Waals surface area contributed by atoms with E-state index in [1.807, 2.05) is 0 Å². The van der Waals surface area contributed by atoms with E-state index in [4.69, 9.17) is 0 Å². The number of hydrogen-bond acceptors (Lipinski definition) is 5. The molecule has 2 aromatic rings. The maximum absolute atomic E-state index is 11.9. The Kier molecular flexibility index (Phi) is 6.46. The molecule has 0 saturated carbocycles. The molecule has 0 atom stereocenters. The zero-order valence-corrected chi connectivity index (χ0v) is 14.0. The smallest absolute Gasteiger partial charge is 0.270 e. The Morgan fingerprint density at radius 3 is 2.74 bits per heavy atom. The molecule has 1 heterocycles. The molecule has 23 heavy (non-hydrogen) atoms. The van der Waals surface area contributed by atoms with Gasteiger partial charge in [0.05, 0.1) is 15.1 Å². The second-order valence-corrected chi connectivity index (χ2v) is 6.52. The second-order valence-electron chi connectivity index (χ2n) is 5.49. The van der Waals surface area contributed by atoms with Crippen LogP contribution in [0.1, 0.15) is 51.9 Å². The van der Waals surface area contributed by atoms with Gasteiger partial charge in [-0.3, -0.25) is 14.9 Å². The Hall–Kier alpha value is -2.02. The summed E-state index contributed by atoms with van der Waals surface area (Å²) in [5.74, 6) is -0.0472. The van der Waals surface area contributed by atoms with Crippen LogP contribution >= 0.6 is 11.3 Å². The van der Waals surface area contributed by atoms with Crippen molar-refractivity contribution in [1.29, 1.82) is 0 Å². The summed E-state index contributed by atoms with van der Waals surface area (Å²) in [6.45, 7) is 2.18. The molecule has 0 unspecified atom stereocenters. The van der Waals surface area contributed by atoms with Gasteiger partial charge in [0.1, 0.15) is 0 Å². The van der Waals surface area contributed by atoms with Gasteiger partial charge in [-0.1, -0.05) is 50.4 Å². The van der Waals surface area contributed by atoms with Crippen molar-refractivity contribution in [3.05, 3.63) is 28.3 Å². The van der Waals surface area contributed by atoms with Gasteiger partial charge in [0.25, 0.3) is 5.69 Å². The quantitative estimate of drug-likeness (QED) is 0.401.